The maximum absolute atomic E-state index is 10.6. The van der Waals surface area contributed by atoms with Gasteiger partial charge >= 0.3 is 6.01 Å². The van der Waals surface area contributed by atoms with Crippen LogP contribution in [0.25, 0.3) is 0 Å². The largest absolute Gasteiger partial charge is 0.463 e. The van der Waals surface area contributed by atoms with Crippen molar-refractivity contribution in [3.05, 3.63) is 0 Å². The van der Waals surface area contributed by atoms with E-state index in [1.54, 1.807) is 0 Å². The van der Waals surface area contributed by atoms with Gasteiger partial charge in [0.1, 0.15) is 0 Å². The van der Waals surface area contributed by atoms with Crippen molar-refractivity contribution in [3.8, 4) is 6.01 Å². The highest BCUT2D eigenvalue weighted by molar-refractivity contribution is 5.78. The number of anilines is 2. The number of hydrogen-bond acceptors (Lipinski definition) is 8. The Morgan fingerprint density at radius 1 is 1.35 bits per heavy atom. The van der Waals surface area contributed by atoms with Crippen molar-refractivity contribution >= 4 is 17.8 Å². The summed E-state index contributed by atoms with van der Waals surface area (Å²) >= 11 is 0. The topological polar surface area (TPSA) is 141 Å². The fraction of sp³-hybridized carbons (Fsp3) is 0.500. The molecule has 0 atom stereocenters. The quantitative estimate of drug-likeness (QED) is 0.346. The van der Waals surface area contributed by atoms with Crippen molar-refractivity contribution < 1.29 is 9.53 Å². The van der Waals surface area contributed by atoms with E-state index in [1.165, 1.54) is 0 Å². The van der Waals surface area contributed by atoms with E-state index >= 15 is 0 Å². The number of hydrogen-bond donors (Lipinski definition) is 4. The molecule has 0 bridgehead atoms. The van der Waals surface area contributed by atoms with Crippen molar-refractivity contribution in [3.63, 3.8) is 0 Å². The summed E-state index contributed by atoms with van der Waals surface area (Å²) in [7, 11) is 0. The number of aromatic nitrogens is 3. The van der Waals surface area contributed by atoms with Gasteiger partial charge in [-0.2, -0.15) is 15.0 Å². The zero-order chi connectivity index (χ0) is 12.7. The van der Waals surface area contributed by atoms with Crippen molar-refractivity contribution in [2.24, 2.45) is 11.6 Å². The average Bonchev–Trinajstić information content (AvgIpc) is 2.33. The molecule has 94 valence electrons. The van der Waals surface area contributed by atoms with E-state index in [0.29, 0.717) is 6.61 Å². The molecule has 6 N–H and O–H groups in total. The number of nitrogens with two attached hydrogens (primary N) is 2. The molecule has 0 aliphatic heterocycles. The van der Waals surface area contributed by atoms with Crippen molar-refractivity contribution in [1.29, 1.82) is 0 Å². The van der Waals surface area contributed by atoms with E-state index < -0.39 is 5.91 Å². The van der Waals surface area contributed by atoms with Crippen LogP contribution >= 0.6 is 0 Å². The number of primary amides is 1. The monoisotopic (exact) mass is 241 g/mol. The number of amides is 1. The number of ether oxygens (including phenoxy) is 1. The molecule has 1 amide bonds. The highest BCUT2D eigenvalue weighted by atomic mass is 16.5. The van der Waals surface area contributed by atoms with Gasteiger partial charge in [-0.1, -0.05) is 6.92 Å². The Morgan fingerprint density at radius 2 is 2.06 bits per heavy atom. The van der Waals surface area contributed by atoms with Gasteiger partial charge in [0.25, 0.3) is 0 Å². The van der Waals surface area contributed by atoms with Crippen LogP contribution in [0.3, 0.4) is 0 Å². The molecule has 0 fully saturated rings. The van der Waals surface area contributed by atoms with Gasteiger partial charge in [0.05, 0.1) is 13.2 Å². The smallest absolute Gasteiger partial charge is 0.323 e. The number of carbonyl (C=O) groups is 1. The normalized spacial score (nSPS) is 9.76. The second kappa shape index (κ2) is 6.43. The van der Waals surface area contributed by atoms with Gasteiger partial charge in [0, 0.05) is 0 Å². The van der Waals surface area contributed by atoms with Crippen molar-refractivity contribution in [1.82, 2.24) is 15.0 Å². The molecule has 9 heteroatoms. The Bertz CT molecular complexity index is 384. The highest BCUT2D eigenvalue weighted by Gasteiger charge is 2.07. The minimum absolute atomic E-state index is 0.0821. The summed E-state index contributed by atoms with van der Waals surface area (Å²) in [6.07, 6.45) is 0.821. The molecule has 0 radical (unpaired) electrons. The predicted octanol–water partition coefficient (Wildman–Crippen LogP) is -1.16. The van der Waals surface area contributed by atoms with Crippen LogP contribution in [-0.2, 0) is 4.79 Å². The minimum atomic E-state index is -0.524. The van der Waals surface area contributed by atoms with Crippen LogP contribution in [0.2, 0.25) is 0 Å². The molecule has 1 heterocycles. The Hall–Kier alpha value is -2.16. The van der Waals surface area contributed by atoms with Gasteiger partial charge < -0.3 is 15.8 Å². The van der Waals surface area contributed by atoms with E-state index in [1.807, 2.05) is 6.92 Å². The molecule has 1 rings (SSSR count). The van der Waals surface area contributed by atoms with Crippen molar-refractivity contribution in [2.75, 3.05) is 23.9 Å². The summed E-state index contributed by atoms with van der Waals surface area (Å²) in [5, 5.41) is 2.62. The Balaban J connectivity index is 2.77. The average molecular weight is 241 g/mol. The summed E-state index contributed by atoms with van der Waals surface area (Å²) in [5.74, 6) is 4.97. The molecule has 1 aromatic heterocycles. The maximum atomic E-state index is 10.6. The number of rotatable bonds is 7. The molecule has 0 aromatic carbocycles. The lowest BCUT2D eigenvalue weighted by molar-refractivity contribution is -0.116. The Labute approximate surface area is 97.9 Å². The highest BCUT2D eigenvalue weighted by Crippen LogP contribution is 2.10. The Kier molecular flexibility index (Phi) is 4.88. The number of nitrogen functional groups attached to an aromatic ring is 1. The lowest BCUT2D eigenvalue weighted by Crippen LogP contribution is -2.23. The van der Waals surface area contributed by atoms with Gasteiger partial charge in [-0.15, -0.1) is 0 Å². The summed E-state index contributed by atoms with van der Waals surface area (Å²) in [4.78, 5) is 22.3. The third kappa shape index (κ3) is 4.47. The van der Waals surface area contributed by atoms with Crippen LogP contribution in [0.1, 0.15) is 13.3 Å². The molecule has 17 heavy (non-hydrogen) atoms. The third-order valence-corrected chi connectivity index (χ3v) is 1.60. The van der Waals surface area contributed by atoms with E-state index in [2.05, 4.69) is 25.7 Å². The first-order valence-electron chi connectivity index (χ1n) is 5.03. The summed E-state index contributed by atoms with van der Waals surface area (Å²) < 4.78 is 5.23. The summed E-state index contributed by atoms with van der Waals surface area (Å²) in [6.45, 7) is 2.35. The third-order valence-electron chi connectivity index (χ3n) is 1.60. The van der Waals surface area contributed by atoms with Gasteiger partial charge in [-0.25, -0.2) is 5.84 Å². The summed E-state index contributed by atoms with van der Waals surface area (Å²) in [6, 6.07) is 0.127. The van der Waals surface area contributed by atoms with Gasteiger partial charge in [-0.05, 0) is 6.42 Å². The van der Waals surface area contributed by atoms with Crippen molar-refractivity contribution in [2.45, 2.75) is 13.3 Å². The molecule has 1 aromatic rings. The first-order valence-corrected chi connectivity index (χ1v) is 5.03. The molecule has 0 aliphatic carbocycles. The van der Waals surface area contributed by atoms with E-state index in [9.17, 15) is 4.79 Å². The predicted molar refractivity (Wildman–Crippen MR) is 61.1 cm³/mol. The van der Waals surface area contributed by atoms with Crippen LogP contribution in [0.15, 0.2) is 0 Å². The Morgan fingerprint density at radius 3 is 2.65 bits per heavy atom. The number of nitrogens with one attached hydrogen (secondary N) is 2. The molecule has 0 unspecified atom stereocenters. The molecular weight excluding hydrogens is 226 g/mol. The standard InChI is InChI=1S/C8H15N7O2/c1-2-3-17-8-13-6(11-4-5(9)16)12-7(14-8)15-10/h2-4,10H2,1H3,(H2,9,16)(H2,11,12,13,14,15). The number of nitrogens with zero attached hydrogens (tertiary/aromatic N) is 3. The zero-order valence-corrected chi connectivity index (χ0v) is 9.43. The second-order valence-corrected chi connectivity index (χ2v) is 3.08. The SMILES string of the molecule is CCCOc1nc(NN)nc(NCC(N)=O)n1. The maximum Gasteiger partial charge on any atom is 0.323 e. The number of carbonyl (C=O) groups excluding carboxylic acids is 1. The molecule has 0 aliphatic rings. The molecule has 0 saturated carbocycles. The van der Waals surface area contributed by atoms with Crippen LogP contribution in [0.5, 0.6) is 6.01 Å². The zero-order valence-electron chi connectivity index (χ0n) is 9.43. The summed E-state index contributed by atoms with van der Waals surface area (Å²) in [5.41, 5.74) is 7.26. The second-order valence-electron chi connectivity index (χ2n) is 3.08. The van der Waals surface area contributed by atoms with Crippen LogP contribution in [0, 0.1) is 0 Å². The van der Waals surface area contributed by atoms with Crippen LogP contribution in [-0.4, -0.2) is 34.0 Å². The van der Waals surface area contributed by atoms with Gasteiger partial charge in [0.15, 0.2) is 0 Å². The lowest BCUT2D eigenvalue weighted by Gasteiger charge is -2.07. The van der Waals surface area contributed by atoms with Gasteiger partial charge in [-0.3, -0.25) is 10.2 Å². The van der Waals surface area contributed by atoms with E-state index in [4.69, 9.17) is 16.3 Å². The first kappa shape index (κ1) is 12.9. The minimum Gasteiger partial charge on any atom is -0.463 e. The molecule has 0 saturated heterocycles. The molecule has 9 nitrogen and oxygen atoms in total. The fourth-order valence-electron chi connectivity index (χ4n) is 0.924. The first-order chi connectivity index (χ1) is 8.15. The van der Waals surface area contributed by atoms with Crippen LogP contribution < -0.4 is 27.1 Å². The van der Waals surface area contributed by atoms with E-state index in [0.717, 1.165) is 6.42 Å². The fourth-order valence-corrected chi connectivity index (χ4v) is 0.924. The lowest BCUT2D eigenvalue weighted by atomic mass is 10.5. The van der Waals surface area contributed by atoms with Gasteiger partial charge in [0.2, 0.25) is 17.8 Å². The van der Waals surface area contributed by atoms with Crippen LogP contribution in [0.4, 0.5) is 11.9 Å². The molecule has 0 spiro atoms. The van der Waals surface area contributed by atoms with E-state index in [-0.39, 0.29) is 24.5 Å². The number of hydrazine groups is 1. The molecular formula is C8H15N7O2.